The molecule has 9 heavy (non-hydrogen) atoms. The molecule has 0 amide bonds. The first-order valence-corrected chi connectivity index (χ1v) is 5.42. The van der Waals surface area contributed by atoms with E-state index in [1.54, 1.807) is 23.5 Å². The Kier molecular flexibility index (Phi) is 5.39. The third-order valence-corrected chi connectivity index (χ3v) is 3.58. The molecule has 0 bridgehead atoms. The van der Waals surface area contributed by atoms with Gasteiger partial charge in [0, 0.05) is 6.42 Å². The molecule has 1 nitrogen and oxygen atoms in total. The van der Waals surface area contributed by atoms with Crippen molar-refractivity contribution in [3.63, 3.8) is 0 Å². The average molecular weight is 164 g/mol. The minimum absolute atomic E-state index is 0.162. The van der Waals surface area contributed by atoms with Crippen molar-refractivity contribution in [3.8, 4) is 0 Å². The fraction of sp³-hybridized carbons (Fsp3) is 0.833. The number of hydrogen-bond donors (Lipinski definition) is 0. The Bertz CT molecular complexity index is 89.1. The molecular weight excluding hydrogens is 152 g/mol. The number of hydrogen-bond acceptors (Lipinski definition) is 3. The van der Waals surface area contributed by atoms with Gasteiger partial charge in [0.2, 0.25) is 0 Å². The molecule has 0 N–H and O–H groups in total. The van der Waals surface area contributed by atoms with Gasteiger partial charge in [-0.05, 0) is 12.5 Å². The zero-order chi connectivity index (χ0) is 7.28. The van der Waals surface area contributed by atoms with Crippen molar-refractivity contribution in [1.29, 1.82) is 0 Å². The van der Waals surface area contributed by atoms with Crippen LogP contribution in [0.3, 0.4) is 0 Å². The van der Waals surface area contributed by atoms with Gasteiger partial charge in [0.05, 0.1) is 0 Å². The lowest BCUT2D eigenvalue weighted by atomic mass is 10.3. The first kappa shape index (κ1) is 9.37. The van der Waals surface area contributed by atoms with Crippen LogP contribution in [-0.4, -0.2) is 22.9 Å². The summed E-state index contributed by atoms with van der Waals surface area (Å²) in [5.41, 5.74) is 0. The minimum Gasteiger partial charge on any atom is -0.298 e. The molecule has 0 fully saturated rings. The molecule has 0 aromatic carbocycles. The normalized spacial score (nSPS) is 10.2. The lowest BCUT2D eigenvalue weighted by Crippen LogP contribution is -2.10. The first-order valence-electron chi connectivity index (χ1n) is 2.84. The van der Waals surface area contributed by atoms with Crippen LogP contribution in [0.4, 0.5) is 0 Å². The van der Waals surface area contributed by atoms with Crippen LogP contribution in [0.2, 0.25) is 0 Å². The van der Waals surface area contributed by atoms with E-state index in [1.165, 1.54) is 0 Å². The van der Waals surface area contributed by atoms with Gasteiger partial charge in [-0.15, -0.1) is 23.5 Å². The van der Waals surface area contributed by atoms with E-state index >= 15 is 0 Å². The van der Waals surface area contributed by atoms with Gasteiger partial charge in [-0.1, -0.05) is 6.92 Å². The molecule has 0 rings (SSSR count). The Labute approximate surface area is 65.0 Å². The highest BCUT2D eigenvalue weighted by atomic mass is 32.2. The summed E-state index contributed by atoms with van der Waals surface area (Å²) in [4.78, 5) is 10.9. The topological polar surface area (TPSA) is 17.1 Å². The Morgan fingerprint density at radius 3 is 2.00 bits per heavy atom. The van der Waals surface area contributed by atoms with Crippen molar-refractivity contribution in [2.45, 2.75) is 17.9 Å². The van der Waals surface area contributed by atoms with E-state index < -0.39 is 0 Å². The van der Waals surface area contributed by atoms with Crippen LogP contribution < -0.4 is 0 Å². The molecule has 0 saturated carbocycles. The van der Waals surface area contributed by atoms with E-state index in [4.69, 9.17) is 0 Å². The maximum absolute atomic E-state index is 10.9. The lowest BCUT2D eigenvalue weighted by Gasteiger charge is -2.06. The van der Waals surface area contributed by atoms with Crippen molar-refractivity contribution in [1.82, 2.24) is 0 Å². The summed E-state index contributed by atoms with van der Waals surface area (Å²) in [5, 5.41) is 0. The molecule has 0 aliphatic heterocycles. The highest BCUT2D eigenvalue weighted by molar-refractivity contribution is 8.17. The van der Waals surface area contributed by atoms with Gasteiger partial charge in [-0.3, -0.25) is 4.79 Å². The molecule has 0 atom stereocenters. The number of Topliss-reactive ketones (excluding diaryl/α,β-unsaturated/α-hetero) is 1. The number of ketones is 1. The van der Waals surface area contributed by atoms with Gasteiger partial charge < -0.3 is 0 Å². The number of thioether (sulfide) groups is 2. The number of carbonyl (C=O) groups excluding carboxylic acids is 1. The Morgan fingerprint density at radius 1 is 1.44 bits per heavy atom. The van der Waals surface area contributed by atoms with E-state index in [2.05, 4.69) is 0 Å². The standard InChI is InChI=1S/C6H12OS2/c1-4-5(7)6(8-2)9-3/h6H,4H2,1-3H3. The van der Waals surface area contributed by atoms with Crippen LogP contribution in [0.25, 0.3) is 0 Å². The van der Waals surface area contributed by atoms with Gasteiger partial charge in [0.25, 0.3) is 0 Å². The molecule has 0 heterocycles. The quantitative estimate of drug-likeness (QED) is 0.592. The fourth-order valence-electron chi connectivity index (χ4n) is 0.526. The second-order valence-corrected chi connectivity index (χ2v) is 3.81. The van der Waals surface area contributed by atoms with E-state index in [0.29, 0.717) is 12.2 Å². The molecule has 0 unspecified atom stereocenters. The summed E-state index contributed by atoms with van der Waals surface area (Å²) in [7, 11) is 0. The van der Waals surface area contributed by atoms with E-state index in [1.807, 2.05) is 19.4 Å². The second-order valence-electron chi connectivity index (χ2n) is 1.62. The molecular formula is C6H12OS2. The zero-order valence-electron chi connectivity index (χ0n) is 6.01. The molecule has 0 radical (unpaired) electrons. The Hall–Kier alpha value is 0.370. The third kappa shape index (κ3) is 3.16. The van der Waals surface area contributed by atoms with Crippen molar-refractivity contribution in [2.24, 2.45) is 0 Å². The summed E-state index contributed by atoms with van der Waals surface area (Å²) < 4.78 is 0.162. The third-order valence-electron chi connectivity index (χ3n) is 1.04. The van der Waals surface area contributed by atoms with Gasteiger partial charge in [-0.25, -0.2) is 0 Å². The van der Waals surface area contributed by atoms with Crippen LogP contribution in [0, 0.1) is 0 Å². The molecule has 3 heteroatoms. The SMILES string of the molecule is CCC(=O)C(SC)SC. The average Bonchev–Trinajstić information content (AvgIpc) is 1.90. The second kappa shape index (κ2) is 5.18. The first-order chi connectivity index (χ1) is 4.26. The molecule has 54 valence electrons. The maximum atomic E-state index is 10.9. The van der Waals surface area contributed by atoms with Crippen molar-refractivity contribution in [3.05, 3.63) is 0 Å². The minimum atomic E-state index is 0.162. The molecule has 0 aromatic rings. The molecule has 0 aliphatic rings. The van der Waals surface area contributed by atoms with Crippen LogP contribution in [0.5, 0.6) is 0 Å². The van der Waals surface area contributed by atoms with Crippen LogP contribution in [0.15, 0.2) is 0 Å². The van der Waals surface area contributed by atoms with E-state index in [-0.39, 0.29) is 4.58 Å². The maximum Gasteiger partial charge on any atom is 0.155 e. The predicted molar refractivity (Wildman–Crippen MR) is 46.1 cm³/mol. The highest BCUT2D eigenvalue weighted by Gasteiger charge is 2.11. The highest BCUT2D eigenvalue weighted by Crippen LogP contribution is 2.20. The smallest absolute Gasteiger partial charge is 0.155 e. The van der Waals surface area contributed by atoms with Crippen LogP contribution >= 0.6 is 23.5 Å². The fourth-order valence-corrected chi connectivity index (χ4v) is 2.15. The number of carbonyl (C=O) groups is 1. The van der Waals surface area contributed by atoms with Crippen LogP contribution in [-0.2, 0) is 4.79 Å². The Balaban J connectivity index is 3.64. The summed E-state index contributed by atoms with van der Waals surface area (Å²) in [5.74, 6) is 0.343. The van der Waals surface area contributed by atoms with Gasteiger partial charge in [0.15, 0.2) is 5.78 Å². The van der Waals surface area contributed by atoms with Gasteiger partial charge in [0.1, 0.15) is 4.58 Å². The zero-order valence-corrected chi connectivity index (χ0v) is 7.64. The molecule has 0 spiro atoms. The van der Waals surface area contributed by atoms with Crippen molar-refractivity contribution < 1.29 is 4.79 Å². The lowest BCUT2D eigenvalue weighted by molar-refractivity contribution is -0.116. The molecule has 0 saturated heterocycles. The van der Waals surface area contributed by atoms with Crippen LogP contribution in [0.1, 0.15) is 13.3 Å². The Morgan fingerprint density at radius 2 is 1.89 bits per heavy atom. The molecule has 0 aromatic heterocycles. The largest absolute Gasteiger partial charge is 0.298 e. The van der Waals surface area contributed by atoms with Crippen molar-refractivity contribution in [2.75, 3.05) is 12.5 Å². The number of rotatable bonds is 4. The summed E-state index contributed by atoms with van der Waals surface area (Å²) in [6.07, 6.45) is 4.59. The van der Waals surface area contributed by atoms with E-state index in [9.17, 15) is 4.79 Å². The predicted octanol–water partition coefficient (Wildman–Crippen LogP) is 2.02. The summed E-state index contributed by atoms with van der Waals surface area (Å²) in [6, 6.07) is 0. The molecule has 0 aliphatic carbocycles. The van der Waals surface area contributed by atoms with E-state index in [0.717, 1.165) is 0 Å². The van der Waals surface area contributed by atoms with Gasteiger partial charge >= 0.3 is 0 Å². The van der Waals surface area contributed by atoms with Gasteiger partial charge in [-0.2, -0.15) is 0 Å². The van der Waals surface area contributed by atoms with Crippen molar-refractivity contribution >= 4 is 29.3 Å². The monoisotopic (exact) mass is 164 g/mol. The summed E-state index contributed by atoms with van der Waals surface area (Å²) in [6.45, 7) is 1.90. The summed E-state index contributed by atoms with van der Waals surface area (Å²) >= 11 is 3.23.